The zero-order valence-corrected chi connectivity index (χ0v) is 14.5. The average molecular weight is 366 g/mol. The highest BCUT2D eigenvalue weighted by Crippen LogP contribution is 2.42. The van der Waals surface area contributed by atoms with E-state index in [9.17, 15) is 9.59 Å². The van der Waals surface area contributed by atoms with Gasteiger partial charge in [-0.2, -0.15) is 0 Å². The van der Waals surface area contributed by atoms with Gasteiger partial charge in [0.15, 0.2) is 0 Å². The van der Waals surface area contributed by atoms with E-state index in [1.165, 1.54) is 11.8 Å². The Labute approximate surface area is 147 Å². The van der Waals surface area contributed by atoms with Crippen LogP contribution in [0.15, 0.2) is 30.3 Å². The summed E-state index contributed by atoms with van der Waals surface area (Å²) in [6.07, 6.45) is 0.594. The standard InChI is InChI=1S/C15H15N3O2S3/c19-13-10-9(6-7-22-10)18-12(17-13)11(23-15(18)21)14(20)16-8-4-2-1-3-5-8/h1-5,9-12H,6-7H2,(H,16,20)(H,17,19). The SMILES string of the molecule is O=C1NC2C(C(=O)Nc3ccccc3)SC(=S)N2C2CCSC12. The van der Waals surface area contributed by atoms with Crippen molar-refractivity contribution < 1.29 is 9.59 Å². The summed E-state index contributed by atoms with van der Waals surface area (Å²) in [4.78, 5) is 27.0. The number of hydrogen-bond acceptors (Lipinski definition) is 5. The third-order valence-electron chi connectivity index (χ3n) is 4.29. The molecule has 4 atom stereocenters. The van der Waals surface area contributed by atoms with Crippen LogP contribution in [0.1, 0.15) is 6.42 Å². The monoisotopic (exact) mass is 365 g/mol. The Kier molecular flexibility index (Phi) is 3.98. The number of nitrogens with one attached hydrogen (secondary N) is 2. The molecule has 23 heavy (non-hydrogen) atoms. The van der Waals surface area contributed by atoms with Gasteiger partial charge in [0.05, 0.1) is 6.04 Å². The number of carbonyl (C=O) groups is 2. The van der Waals surface area contributed by atoms with Gasteiger partial charge in [-0.15, -0.1) is 11.8 Å². The van der Waals surface area contributed by atoms with Gasteiger partial charge in [0.1, 0.15) is 21.0 Å². The number of nitrogens with zero attached hydrogens (tertiary/aromatic N) is 1. The lowest BCUT2D eigenvalue weighted by Crippen LogP contribution is -2.64. The molecule has 3 saturated heterocycles. The van der Waals surface area contributed by atoms with Gasteiger partial charge in [-0.1, -0.05) is 42.2 Å². The van der Waals surface area contributed by atoms with Crippen molar-refractivity contribution in [2.24, 2.45) is 0 Å². The second-order valence-corrected chi connectivity index (χ2v) is 8.69. The van der Waals surface area contributed by atoms with Crippen LogP contribution >= 0.6 is 35.7 Å². The average Bonchev–Trinajstić information content (AvgIpc) is 3.13. The summed E-state index contributed by atoms with van der Waals surface area (Å²) in [5.74, 6) is 0.863. The topological polar surface area (TPSA) is 61.4 Å². The van der Waals surface area contributed by atoms with Crippen LogP contribution in [0.25, 0.3) is 0 Å². The molecule has 0 bridgehead atoms. The minimum absolute atomic E-state index is 0.0292. The summed E-state index contributed by atoms with van der Waals surface area (Å²) in [7, 11) is 0. The molecule has 4 rings (SSSR count). The van der Waals surface area contributed by atoms with E-state index in [1.807, 2.05) is 30.3 Å². The number of benzene rings is 1. The molecule has 3 aliphatic heterocycles. The molecule has 3 heterocycles. The number of carbonyl (C=O) groups excluding carboxylic acids is 2. The summed E-state index contributed by atoms with van der Waals surface area (Å²) in [5, 5.41) is 5.42. The molecule has 120 valence electrons. The van der Waals surface area contributed by atoms with Crippen molar-refractivity contribution in [2.75, 3.05) is 11.1 Å². The minimum atomic E-state index is -0.418. The van der Waals surface area contributed by atoms with Crippen LogP contribution in [0.2, 0.25) is 0 Å². The van der Waals surface area contributed by atoms with Gasteiger partial charge < -0.3 is 15.5 Å². The molecule has 1 aromatic carbocycles. The second-order valence-electron chi connectivity index (χ2n) is 5.67. The first-order chi connectivity index (χ1) is 11.1. The summed E-state index contributed by atoms with van der Waals surface area (Å²) in [6, 6.07) is 9.45. The Morgan fingerprint density at radius 1 is 1.35 bits per heavy atom. The maximum Gasteiger partial charge on any atom is 0.242 e. The van der Waals surface area contributed by atoms with Crippen molar-refractivity contribution in [3.05, 3.63) is 30.3 Å². The normalized spacial score (nSPS) is 32.3. The van der Waals surface area contributed by atoms with Crippen LogP contribution in [0.3, 0.4) is 0 Å². The third kappa shape index (κ3) is 2.62. The smallest absolute Gasteiger partial charge is 0.242 e. The van der Waals surface area contributed by atoms with Crippen molar-refractivity contribution in [3.63, 3.8) is 0 Å². The molecule has 3 fully saturated rings. The van der Waals surface area contributed by atoms with Crippen LogP contribution in [0.4, 0.5) is 5.69 Å². The summed E-state index contributed by atoms with van der Waals surface area (Å²) >= 11 is 8.53. The van der Waals surface area contributed by atoms with Gasteiger partial charge in [-0.3, -0.25) is 9.59 Å². The molecule has 8 heteroatoms. The van der Waals surface area contributed by atoms with Crippen molar-refractivity contribution in [2.45, 2.75) is 29.1 Å². The molecule has 2 N–H and O–H groups in total. The first-order valence-electron chi connectivity index (χ1n) is 7.42. The van der Waals surface area contributed by atoms with Gasteiger partial charge in [0.2, 0.25) is 11.8 Å². The van der Waals surface area contributed by atoms with Gasteiger partial charge in [-0.25, -0.2) is 0 Å². The number of hydrogen-bond donors (Lipinski definition) is 2. The molecule has 1 aromatic rings. The first-order valence-corrected chi connectivity index (χ1v) is 9.75. The summed E-state index contributed by atoms with van der Waals surface area (Å²) in [5.41, 5.74) is 0.749. The van der Waals surface area contributed by atoms with Crippen molar-refractivity contribution >= 4 is 57.6 Å². The predicted molar refractivity (Wildman–Crippen MR) is 97.5 cm³/mol. The highest BCUT2D eigenvalue weighted by atomic mass is 32.2. The number of fused-ring (bicyclic) bond motifs is 3. The van der Waals surface area contributed by atoms with Gasteiger partial charge in [-0.05, 0) is 24.3 Å². The first kappa shape index (κ1) is 15.3. The number of thioether (sulfide) groups is 2. The molecule has 5 nitrogen and oxygen atoms in total. The molecule has 0 radical (unpaired) electrons. The molecule has 0 spiro atoms. The van der Waals surface area contributed by atoms with E-state index < -0.39 is 5.25 Å². The molecular weight excluding hydrogens is 350 g/mol. The Balaban J connectivity index is 1.55. The van der Waals surface area contributed by atoms with Gasteiger partial charge in [0, 0.05) is 5.69 Å². The van der Waals surface area contributed by atoms with E-state index in [0.717, 1.165) is 17.9 Å². The maximum absolute atomic E-state index is 12.6. The zero-order chi connectivity index (χ0) is 16.0. The van der Waals surface area contributed by atoms with E-state index in [-0.39, 0.29) is 29.3 Å². The van der Waals surface area contributed by atoms with Crippen LogP contribution in [-0.4, -0.2) is 49.5 Å². The Bertz CT molecular complexity index is 669. The fourth-order valence-corrected chi connectivity index (χ4v) is 6.24. The quantitative estimate of drug-likeness (QED) is 0.778. The molecule has 0 saturated carbocycles. The fraction of sp³-hybridized carbons (Fsp3) is 0.400. The fourth-order valence-electron chi connectivity index (χ4n) is 3.25. The van der Waals surface area contributed by atoms with E-state index >= 15 is 0 Å². The van der Waals surface area contributed by atoms with E-state index in [2.05, 4.69) is 15.5 Å². The maximum atomic E-state index is 12.6. The Morgan fingerprint density at radius 2 is 2.13 bits per heavy atom. The second kappa shape index (κ2) is 5.99. The molecule has 4 unspecified atom stereocenters. The van der Waals surface area contributed by atoms with Crippen molar-refractivity contribution in [1.82, 2.24) is 10.2 Å². The van der Waals surface area contributed by atoms with Crippen LogP contribution < -0.4 is 10.6 Å². The summed E-state index contributed by atoms with van der Waals surface area (Å²) < 4.78 is 0.709. The number of amides is 2. The number of para-hydroxylation sites is 1. The highest BCUT2D eigenvalue weighted by molar-refractivity contribution is 8.24. The highest BCUT2D eigenvalue weighted by Gasteiger charge is 2.54. The van der Waals surface area contributed by atoms with E-state index in [4.69, 9.17) is 12.2 Å². The van der Waals surface area contributed by atoms with Crippen LogP contribution in [0, 0.1) is 0 Å². The molecule has 2 amide bonds. The van der Waals surface area contributed by atoms with Crippen molar-refractivity contribution in [1.29, 1.82) is 0 Å². The molecule has 3 aliphatic rings. The van der Waals surface area contributed by atoms with E-state index in [1.54, 1.807) is 11.8 Å². The molecule has 0 aromatic heterocycles. The largest absolute Gasteiger partial charge is 0.333 e. The lowest BCUT2D eigenvalue weighted by Gasteiger charge is -2.40. The Morgan fingerprint density at radius 3 is 2.91 bits per heavy atom. The molecular formula is C15H15N3O2S3. The van der Waals surface area contributed by atoms with Gasteiger partial charge in [0.25, 0.3) is 0 Å². The lowest BCUT2D eigenvalue weighted by atomic mass is 10.0. The number of anilines is 1. The van der Waals surface area contributed by atoms with Crippen LogP contribution in [-0.2, 0) is 9.59 Å². The molecule has 0 aliphatic carbocycles. The number of rotatable bonds is 2. The summed E-state index contributed by atoms with van der Waals surface area (Å²) in [6.45, 7) is 0. The van der Waals surface area contributed by atoms with Crippen LogP contribution in [0.5, 0.6) is 0 Å². The lowest BCUT2D eigenvalue weighted by molar-refractivity contribution is -0.126. The van der Waals surface area contributed by atoms with Crippen molar-refractivity contribution in [3.8, 4) is 0 Å². The minimum Gasteiger partial charge on any atom is -0.333 e. The number of thiocarbonyl (C=S) groups is 1. The van der Waals surface area contributed by atoms with Gasteiger partial charge >= 0.3 is 0 Å². The Hall–Kier alpha value is -1.25. The third-order valence-corrected chi connectivity index (χ3v) is 7.29. The predicted octanol–water partition coefficient (Wildman–Crippen LogP) is 1.66. The van der Waals surface area contributed by atoms with E-state index in [0.29, 0.717) is 4.32 Å². The zero-order valence-electron chi connectivity index (χ0n) is 12.1.